The molecule has 0 saturated heterocycles. The van der Waals surface area contributed by atoms with Crippen molar-refractivity contribution in [2.45, 2.75) is 25.7 Å². The average molecular weight is 350 g/mol. The van der Waals surface area contributed by atoms with Gasteiger partial charge in [-0.3, -0.25) is 14.9 Å². The van der Waals surface area contributed by atoms with Crippen molar-refractivity contribution in [3.63, 3.8) is 0 Å². The smallest absolute Gasteiger partial charge is 0.312 e. The molecule has 0 amide bonds. The quantitative estimate of drug-likeness (QED) is 0.440. The number of ether oxygens (including phenoxy) is 1. The maximum Gasteiger partial charge on any atom is 0.312 e. The normalized spacial score (nSPS) is 10.3. The van der Waals surface area contributed by atoms with Gasteiger partial charge in [0.25, 0.3) is 0 Å². The molecule has 1 aromatic rings. The van der Waals surface area contributed by atoms with E-state index in [-0.39, 0.29) is 28.9 Å². The van der Waals surface area contributed by atoms with Crippen molar-refractivity contribution >= 4 is 27.6 Å². The Morgan fingerprint density at radius 3 is 2.70 bits per heavy atom. The molecule has 0 bridgehead atoms. The number of hydrogen-bond acceptors (Lipinski definition) is 4. The van der Waals surface area contributed by atoms with Crippen LogP contribution in [0.4, 0.5) is 10.1 Å². The fourth-order valence-corrected chi connectivity index (χ4v) is 1.84. The molecule has 0 unspecified atom stereocenters. The molecule has 0 heterocycles. The summed E-state index contributed by atoms with van der Waals surface area (Å²) in [5.41, 5.74) is -0.316. The maximum absolute atomic E-state index is 13.3. The van der Waals surface area contributed by atoms with Gasteiger partial charge in [-0.1, -0.05) is 0 Å². The van der Waals surface area contributed by atoms with E-state index >= 15 is 0 Å². The van der Waals surface area contributed by atoms with Crippen LogP contribution in [0.1, 0.15) is 25.7 Å². The maximum atomic E-state index is 13.3. The lowest BCUT2D eigenvalue weighted by molar-refractivity contribution is -0.386. The second-order valence-electron chi connectivity index (χ2n) is 4.04. The van der Waals surface area contributed by atoms with Crippen molar-refractivity contribution in [1.29, 1.82) is 0 Å². The first kappa shape index (κ1) is 16.4. The number of benzene rings is 1. The van der Waals surface area contributed by atoms with Crippen molar-refractivity contribution in [3.05, 3.63) is 32.5 Å². The van der Waals surface area contributed by atoms with E-state index in [2.05, 4.69) is 15.9 Å². The Morgan fingerprint density at radius 1 is 1.40 bits per heavy atom. The largest absolute Gasteiger partial charge is 0.487 e. The number of carboxylic acid groups (broad SMARTS) is 1. The lowest BCUT2D eigenvalue weighted by atomic mass is 10.2. The SMILES string of the molecule is O=C(O)CCCCCOc1cc(F)c(Br)cc1[N+](=O)[O-]. The number of aliphatic carboxylic acids is 1. The highest BCUT2D eigenvalue weighted by molar-refractivity contribution is 9.10. The predicted octanol–water partition coefficient (Wildman–Crippen LogP) is 3.52. The summed E-state index contributed by atoms with van der Waals surface area (Å²) >= 11 is 2.87. The highest BCUT2D eigenvalue weighted by atomic mass is 79.9. The van der Waals surface area contributed by atoms with Crippen molar-refractivity contribution in [1.82, 2.24) is 0 Å². The van der Waals surface area contributed by atoms with Gasteiger partial charge in [-0.2, -0.15) is 0 Å². The minimum atomic E-state index is -0.864. The van der Waals surface area contributed by atoms with Crippen molar-refractivity contribution in [3.8, 4) is 5.75 Å². The number of hydrogen-bond donors (Lipinski definition) is 1. The van der Waals surface area contributed by atoms with Crippen molar-refractivity contribution < 1.29 is 24.0 Å². The Kier molecular flexibility index (Phi) is 6.37. The number of nitro groups is 1. The summed E-state index contributed by atoms with van der Waals surface area (Å²) in [6, 6.07) is 2.01. The molecule has 0 atom stereocenters. The first-order chi connectivity index (χ1) is 9.41. The summed E-state index contributed by atoms with van der Waals surface area (Å²) in [6.45, 7) is 0.168. The van der Waals surface area contributed by atoms with Gasteiger partial charge in [-0.25, -0.2) is 4.39 Å². The van der Waals surface area contributed by atoms with E-state index in [1.54, 1.807) is 0 Å². The minimum absolute atomic E-state index is 0.00184. The molecule has 20 heavy (non-hydrogen) atoms. The number of carboxylic acids is 1. The van der Waals surface area contributed by atoms with Crippen LogP contribution in [0.15, 0.2) is 16.6 Å². The highest BCUT2D eigenvalue weighted by Gasteiger charge is 2.18. The Hall–Kier alpha value is -1.70. The third-order valence-corrected chi connectivity index (χ3v) is 3.10. The van der Waals surface area contributed by atoms with Gasteiger partial charge < -0.3 is 9.84 Å². The molecule has 0 spiro atoms. The van der Waals surface area contributed by atoms with Gasteiger partial charge in [-0.15, -0.1) is 0 Å². The molecule has 6 nitrogen and oxygen atoms in total. The number of unbranched alkanes of at least 4 members (excludes halogenated alkanes) is 2. The van der Waals surface area contributed by atoms with Crippen LogP contribution in [-0.4, -0.2) is 22.6 Å². The number of rotatable bonds is 8. The van der Waals surface area contributed by atoms with E-state index < -0.39 is 16.7 Å². The second kappa shape index (κ2) is 7.78. The number of halogens is 2. The van der Waals surface area contributed by atoms with Crippen LogP contribution in [0.25, 0.3) is 0 Å². The lowest BCUT2D eigenvalue weighted by Gasteiger charge is -2.07. The van der Waals surface area contributed by atoms with Crippen LogP contribution in [0.2, 0.25) is 0 Å². The third-order valence-electron chi connectivity index (χ3n) is 2.49. The molecule has 8 heteroatoms. The van der Waals surface area contributed by atoms with Crippen LogP contribution in [0, 0.1) is 15.9 Å². The zero-order valence-corrected chi connectivity index (χ0v) is 12.1. The number of carbonyl (C=O) groups is 1. The average Bonchev–Trinajstić information content (AvgIpc) is 2.36. The molecular weight excluding hydrogens is 337 g/mol. The van der Waals surface area contributed by atoms with Gasteiger partial charge in [0, 0.05) is 18.6 Å². The predicted molar refractivity (Wildman–Crippen MR) is 72.4 cm³/mol. The van der Waals surface area contributed by atoms with Gasteiger partial charge in [0.05, 0.1) is 16.0 Å². The lowest BCUT2D eigenvalue weighted by Crippen LogP contribution is -2.02. The fraction of sp³-hybridized carbons (Fsp3) is 0.417. The molecule has 1 aromatic carbocycles. The van der Waals surface area contributed by atoms with E-state index in [4.69, 9.17) is 9.84 Å². The second-order valence-corrected chi connectivity index (χ2v) is 4.90. The topological polar surface area (TPSA) is 89.7 Å². The molecule has 0 aliphatic rings. The molecule has 0 saturated carbocycles. The standard InChI is InChI=1S/C12H13BrFNO5/c13-8-6-10(15(18)19)11(7-9(8)14)20-5-3-1-2-4-12(16)17/h6-7H,1-5H2,(H,16,17). The molecule has 0 fully saturated rings. The number of nitro benzene ring substituents is 1. The molecule has 0 aliphatic carbocycles. The van der Waals surface area contributed by atoms with Crippen LogP contribution < -0.4 is 4.74 Å². The zero-order chi connectivity index (χ0) is 15.1. The molecule has 1 rings (SSSR count). The van der Waals surface area contributed by atoms with Crippen LogP contribution in [0.5, 0.6) is 5.75 Å². The van der Waals surface area contributed by atoms with Crippen LogP contribution >= 0.6 is 15.9 Å². The Balaban J connectivity index is 2.53. The summed E-state index contributed by atoms with van der Waals surface area (Å²) in [5, 5.41) is 19.3. The van der Waals surface area contributed by atoms with Gasteiger partial charge in [0.1, 0.15) is 5.82 Å². The Bertz CT molecular complexity index is 509. The van der Waals surface area contributed by atoms with E-state index in [0.717, 1.165) is 12.1 Å². The van der Waals surface area contributed by atoms with E-state index in [0.29, 0.717) is 19.3 Å². The molecule has 0 aromatic heterocycles. The zero-order valence-electron chi connectivity index (χ0n) is 10.5. The molecule has 110 valence electrons. The summed E-state index contributed by atoms with van der Waals surface area (Å²) in [6.07, 6.45) is 1.75. The first-order valence-electron chi connectivity index (χ1n) is 5.90. The highest BCUT2D eigenvalue weighted by Crippen LogP contribution is 2.32. The van der Waals surface area contributed by atoms with E-state index in [1.165, 1.54) is 0 Å². The minimum Gasteiger partial charge on any atom is -0.487 e. The van der Waals surface area contributed by atoms with E-state index in [9.17, 15) is 19.3 Å². The summed E-state index contributed by atoms with van der Waals surface area (Å²) in [7, 11) is 0. The summed E-state index contributed by atoms with van der Waals surface area (Å²) < 4.78 is 18.5. The van der Waals surface area contributed by atoms with Crippen LogP contribution in [-0.2, 0) is 4.79 Å². The summed E-state index contributed by atoms with van der Waals surface area (Å²) in [4.78, 5) is 20.5. The van der Waals surface area contributed by atoms with Crippen molar-refractivity contribution in [2.24, 2.45) is 0 Å². The molecule has 0 radical (unpaired) electrons. The van der Waals surface area contributed by atoms with Gasteiger partial charge in [0.2, 0.25) is 0 Å². The summed E-state index contributed by atoms with van der Waals surface area (Å²) in [5.74, 6) is -1.64. The van der Waals surface area contributed by atoms with Gasteiger partial charge in [-0.05, 0) is 35.2 Å². The molecule has 0 aliphatic heterocycles. The number of nitrogens with zero attached hydrogens (tertiary/aromatic N) is 1. The molecule has 1 N–H and O–H groups in total. The Labute approximate surface area is 122 Å². The van der Waals surface area contributed by atoms with Gasteiger partial charge in [0.15, 0.2) is 5.75 Å². The van der Waals surface area contributed by atoms with Crippen molar-refractivity contribution in [2.75, 3.05) is 6.61 Å². The molecular formula is C12H13BrFNO5. The van der Waals surface area contributed by atoms with E-state index in [1.807, 2.05) is 0 Å². The monoisotopic (exact) mass is 349 g/mol. The Morgan fingerprint density at radius 2 is 2.10 bits per heavy atom. The first-order valence-corrected chi connectivity index (χ1v) is 6.69. The third kappa shape index (κ3) is 5.12. The van der Waals surface area contributed by atoms with Crippen LogP contribution in [0.3, 0.4) is 0 Å². The fourth-order valence-electron chi connectivity index (χ4n) is 1.51. The van der Waals surface area contributed by atoms with Gasteiger partial charge >= 0.3 is 11.7 Å².